The van der Waals surface area contributed by atoms with Gasteiger partial charge < -0.3 is 4.90 Å². The van der Waals surface area contributed by atoms with Crippen LogP contribution in [0.5, 0.6) is 0 Å². The Kier molecular flexibility index (Phi) is 5.24. The van der Waals surface area contributed by atoms with Gasteiger partial charge >= 0.3 is 0 Å². The number of nitrogens with two attached hydrogens (primary N) is 1. The smallest absolute Gasteiger partial charge is 0.255 e. The Labute approximate surface area is 119 Å². The van der Waals surface area contributed by atoms with Gasteiger partial charge in [0.25, 0.3) is 5.91 Å². The minimum Gasteiger partial charge on any atom is -0.331 e. The number of aryl methyl sites for hydroxylation is 1. The first-order chi connectivity index (χ1) is 9.31. The second-order valence-electron chi connectivity index (χ2n) is 4.33. The van der Waals surface area contributed by atoms with Crippen molar-refractivity contribution in [2.45, 2.75) is 11.8 Å². The van der Waals surface area contributed by atoms with E-state index in [1.165, 1.54) is 17.0 Å². The highest BCUT2D eigenvalue weighted by Crippen LogP contribution is 2.18. The molecule has 0 spiro atoms. The van der Waals surface area contributed by atoms with Crippen LogP contribution in [0.25, 0.3) is 0 Å². The fourth-order valence-corrected chi connectivity index (χ4v) is 2.49. The van der Waals surface area contributed by atoms with Crippen LogP contribution in [0, 0.1) is 6.92 Å². The van der Waals surface area contributed by atoms with Gasteiger partial charge in [-0.3, -0.25) is 4.79 Å². The van der Waals surface area contributed by atoms with Gasteiger partial charge in [0.2, 0.25) is 10.0 Å². The molecule has 1 aromatic rings. The molecule has 0 fully saturated rings. The van der Waals surface area contributed by atoms with Gasteiger partial charge in [-0.1, -0.05) is 23.8 Å². The van der Waals surface area contributed by atoms with Crippen LogP contribution in [-0.4, -0.2) is 32.3 Å². The van der Waals surface area contributed by atoms with Gasteiger partial charge in [-0.2, -0.15) is 0 Å². The Morgan fingerprint density at radius 1 is 1.30 bits per heavy atom. The number of nitrogens with zero attached hydrogens (tertiary/aromatic N) is 1. The molecule has 0 saturated heterocycles. The molecule has 0 unspecified atom stereocenters. The van der Waals surface area contributed by atoms with E-state index in [4.69, 9.17) is 5.14 Å². The minimum absolute atomic E-state index is 0.0659. The van der Waals surface area contributed by atoms with Crippen molar-refractivity contribution in [1.29, 1.82) is 0 Å². The van der Waals surface area contributed by atoms with Crippen molar-refractivity contribution in [2.75, 3.05) is 13.1 Å². The summed E-state index contributed by atoms with van der Waals surface area (Å²) in [4.78, 5) is 13.7. The molecule has 0 aliphatic carbocycles. The Morgan fingerprint density at radius 2 is 1.85 bits per heavy atom. The highest BCUT2D eigenvalue weighted by Gasteiger charge is 2.22. The van der Waals surface area contributed by atoms with E-state index in [-0.39, 0.29) is 10.5 Å². The molecule has 20 heavy (non-hydrogen) atoms. The van der Waals surface area contributed by atoms with Gasteiger partial charge in [-0.05, 0) is 19.1 Å². The van der Waals surface area contributed by atoms with Crippen LogP contribution in [0.1, 0.15) is 15.9 Å². The Balaban J connectivity index is 3.36. The van der Waals surface area contributed by atoms with Crippen molar-refractivity contribution < 1.29 is 13.2 Å². The Bertz CT molecular complexity index is 626. The quantitative estimate of drug-likeness (QED) is 0.806. The average molecular weight is 294 g/mol. The Hall–Kier alpha value is -1.92. The number of sulfonamides is 1. The predicted octanol–water partition coefficient (Wildman–Crippen LogP) is 1.46. The largest absolute Gasteiger partial charge is 0.331 e. The standard InChI is InChI=1S/C14H18N2O3S/c1-4-8-16(9-5-2)14(17)12-10-11(3)6-7-13(12)20(15,18)19/h4-7,10H,1-2,8-9H2,3H3,(H2,15,18,19). The van der Waals surface area contributed by atoms with Gasteiger partial charge in [0, 0.05) is 13.1 Å². The maximum absolute atomic E-state index is 12.5. The van der Waals surface area contributed by atoms with E-state index in [1.807, 2.05) is 0 Å². The highest BCUT2D eigenvalue weighted by molar-refractivity contribution is 7.89. The summed E-state index contributed by atoms with van der Waals surface area (Å²) >= 11 is 0. The van der Waals surface area contributed by atoms with Crippen molar-refractivity contribution in [1.82, 2.24) is 4.90 Å². The van der Waals surface area contributed by atoms with E-state index in [9.17, 15) is 13.2 Å². The van der Waals surface area contributed by atoms with E-state index in [0.29, 0.717) is 13.1 Å². The maximum Gasteiger partial charge on any atom is 0.255 e. The van der Waals surface area contributed by atoms with Crippen LogP contribution in [-0.2, 0) is 10.0 Å². The van der Waals surface area contributed by atoms with Crippen LogP contribution in [0.3, 0.4) is 0 Å². The monoisotopic (exact) mass is 294 g/mol. The topological polar surface area (TPSA) is 80.5 Å². The number of primary sulfonamides is 1. The third-order valence-electron chi connectivity index (χ3n) is 2.66. The summed E-state index contributed by atoms with van der Waals surface area (Å²) in [6.07, 6.45) is 3.13. The number of amides is 1. The molecule has 1 aromatic carbocycles. The molecule has 5 nitrogen and oxygen atoms in total. The van der Waals surface area contributed by atoms with Gasteiger partial charge in [-0.15, -0.1) is 13.2 Å². The van der Waals surface area contributed by atoms with Crippen LogP contribution < -0.4 is 5.14 Å². The lowest BCUT2D eigenvalue weighted by atomic mass is 10.1. The number of hydrogen-bond acceptors (Lipinski definition) is 3. The molecule has 0 radical (unpaired) electrons. The van der Waals surface area contributed by atoms with E-state index in [1.54, 1.807) is 25.1 Å². The molecule has 1 amide bonds. The molecule has 0 aliphatic rings. The number of carbonyl (C=O) groups is 1. The fourth-order valence-electron chi connectivity index (χ4n) is 1.78. The fraction of sp³-hybridized carbons (Fsp3) is 0.214. The molecule has 1 rings (SSSR count). The third-order valence-corrected chi connectivity index (χ3v) is 3.63. The molecule has 6 heteroatoms. The normalized spacial score (nSPS) is 10.9. The SMILES string of the molecule is C=CCN(CC=C)C(=O)c1cc(C)ccc1S(N)(=O)=O. The van der Waals surface area contributed by atoms with Crippen LogP contribution in [0.4, 0.5) is 0 Å². The number of rotatable bonds is 6. The third kappa shape index (κ3) is 3.79. The lowest BCUT2D eigenvalue weighted by molar-refractivity contribution is 0.0787. The summed E-state index contributed by atoms with van der Waals surface area (Å²) in [6.45, 7) is 9.51. The first-order valence-corrected chi connectivity index (χ1v) is 7.50. The van der Waals surface area contributed by atoms with Gasteiger partial charge in [0.05, 0.1) is 10.5 Å². The number of hydrogen-bond donors (Lipinski definition) is 1. The molecular weight excluding hydrogens is 276 g/mol. The van der Waals surface area contributed by atoms with Crippen molar-refractivity contribution in [2.24, 2.45) is 5.14 Å². The molecule has 108 valence electrons. The summed E-state index contributed by atoms with van der Waals surface area (Å²) in [5, 5.41) is 5.15. The van der Waals surface area contributed by atoms with Crippen molar-refractivity contribution >= 4 is 15.9 Å². The average Bonchev–Trinajstić information content (AvgIpc) is 2.36. The van der Waals surface area contributed by atoms with Crippen LogP contribution in [0.15, 0.2) is 48.4 Å². The zero-order chi connectivity index (χ0) is 15.3. The lowest BCUT2D eigenvalue weighted by Crippen LogP contribution is -2.33. The highest BCUT2D eigenvalue weighted by atomic mass is 32.2. The van der Waals surface area contributed by atoms with Crippen LogP contribution in [0.2, 0.25) is 0 Å². The minimum atomic E-state index is -3.96. The summed E-state index contributed by atoms with van der Waals surface area (Å²) in [7, 11) is -3.96. The Morgan fingerprint density at radius 3 is 2.30 bits per heavy atom. The van der Waals surface area contributed by atoms with Crippen molar-refractivity contribution in [3.05, 3.63) is 54.6 Å². The first-order valence-electron chi connectivity index (χ1n) is 5.95. The summed E-state index contributed by atoms with van der Waals surface area (Å²) in [5.41, 5.74) is 0.842. The van der Waals surface area contributed by atoms with Crippen molar-refractivity contribution in [3.63, 3.8) is 0 Å². The summed E-state index contributed by atoms with van der Waals surface area (Å²) in [5.74, 6) is -0.419. The van der Waals surface area contributed by atoms with Gasteiger partial charge in [-0.25, -0.2) is 13.6 Å². The zero-order valence-electron chi connectivity index (χ0n) is 11.4. The van der Waals surface area contributed by atoms with Gasteiger partial charge in [0.15, 0.2) is 0 Å². The first kappa shape index (κ1) is 16.1. The molecule has 2 N–H and O–H groups in total. The lowest BCUT2D eigenvalue weighted by Gasteiger charge is -2.20. The van der Waals surface area contributed by atoms with Crippen LogP contribution >= 0.6 is 0 Å². The predicted molar refractivity (Wildman–Crippen MR) is 78.8 cm³/mol. The molecule has 0 atom stereocenters. The number of benzene rings is 1. The van der Waals surface area contributed by atoms with Gasteiger partial charge in [0.1, 0.15) is 0 Å². The molecule has 0 bridgehead atoms. The van der Waals surface area contributed by atoms with E-state index >= 15 is 0 Å². The molecule has 0 heterocycles. The molecular formula is C14H18N2O3S. The summed E-state index contributed by atoms with van der Waals surface area (Å²) < 4.78 is 23.1. The summed E-state index contributed by atoms with van der Waals surface area (Å²) in [6, 6.07) is 4.46. The van der Waals surface area contributed by atoms with E-state index in [2.05, 4.69) is 13.2 Å². The van der Waals surface area contributed by atoms with Crippen molar-refractivity contribution in [3.8, 4) is 0 Å². The van der Waals surface area contributed by atoms with E-state index in [0.717, 1.165) is 5.56 Å². The zero-order valence-corrected chi connectivity index (χ0v) is 12.2. The maximum atomic E-state index is 12.5. The molecule has 0 aromatic heterocycles. The second-order valence-corrected chi connectivity index (χ2v) is 5.86. The molecule has 0 aliphatic heterocycles. The second kappa shape index (κ2) is 6.49. The number of carbonyl (C=O) groups excluding carboxylic acids is 1. The van der Waals surface area contributed by atoms with E-state index < -0.39 is 15.9 Å². The molecule has 0 saturated carbocycles.